The van der Waals surface area contributed by atoms with Crippen molar-refractivity contribution in [2.75, 3.05) is 4.72 Å². The van der Waals surface area contributed by atoms with Gasteiger partial charge in [0, 0.05) is 6.54 Å². The molecule has 0 spiro atoms. The molecule has 0 saturated heterocycles. The summed E-state index contributed by atoms with van der Waals surface area (Å²) < 4.78 is 40.8. The van der Waals surface area contributed by atoms with Crippen LogP contribution in [0.4, 0.5) is 10.1 Å². The van der Waals surface area contributed by atoms with Crippen LogP contribution in [-0.4, -0.2) is 8.42 Å². The van der Waals surface area contributed by atoms with Gasteiger partial charge in [0.05, 0.1) is 10.6 Å². The molecule has 0 aliphatic carbocycles. The third-order valence-electron chi connectivity index (χ3n) is 3.18. The van der Waals surface area contributed by atoms with E-state index in [2.05, 4.69) is 4.72 Å². The van der Waals surface area contributed by atoms with Crippen LogP contribution in [0.5, 0.6) is 0 Å². The largest absolute Gasteiger partial charge is 0.326 e. The van der Waals surface area contributed by atoms with Crippen molar-refractivity contribution < 1.29 is 12.8 Å². The SMILES string of the molecule is CCc1ccccc1NS(=O)(=O)c1cc(F)ccc1CN. The molecule has 0 radical (unpaired) electrons. The molecule has 6 heteroatoms. The van der Waals surface area contributed by atoms with Crippen molar-refractivity contribution in [3.63, 3.8) is 0 Å². The van der Waals surface area contributed by atoms with Crippen molar-refractivity contribution in [3.8, 4) is 0 Å². The fourth-order valence-corrected chi connectivity index (χ4v) is 3.44. The van der Waals surface area contributed by atoms with E-state index >= 15 is 0 Å². The lowest BCUT2D eigenvalue weighted by Gasteiger charge is -2.14. The second-order valence-corrected chi connectivity index (χ2v) is 6.22. The number of halogens is 1. The van der Waals surface area contributed by atoms with E-state index in [9.17, 15) is 12.8 Å². The third-order valence-corrected chi connectivity index (χ3v) is 4.63. The Morgan fingerprint density at radius 3 is 2.52 bits per heavy atom. The van der Waals surface area contributed by atoms with Gasteiger partial charge in [-0.2, -0.15) is 0 Å². The van der Waals surface area contributed by atoms with E-state index < -0.39 is 15.8 Å². The summed E-state index contributed by atoms with van der Waals surface area (Å²) in [6.07, 6.45) is 0.686. The molecule has 4 nitrogen and oxygen atoms in total. The predicted molar refractivity (Wildman–Crippen MR) is 80.9 cm³/mol. The first kappa shape index (κ1) is 15.5. The number of anilines is 1. The highest BCUT2D eigenvalue weighted by atomic mass is 32.2. The van der Waals surface area contributed by atoms with Crippen LogP contribution >= 0.6 is 0 Å². The monoisotopic (exact) mass is 308 g/mol. The number of nitrogens with two attached hydrogens (primary N) is 1. The Bertz CT molecular complexity index is 745. The summed E-state index contributed by atoms with van der Waals surface area (Å²) in [4.78, 5) is -0.129. The lowest BCUT2D eigenvalue weighted by molar-refractivity contribution is 0.593. The molecule has 0 bridgehead atoms. The van der Waals surface area contributed by atoms with Crippen molar-refractivity contribution in [2.24, 2.45) is 5.73 Å². The summed E-state index contributed by atoms with van der Waals surface area (Å²) in [6, 6.07) is 10.7. The van der Waals surface area contributed by atoms with E-state index in [0.717, 1.165) is 11.6 Å². The van der Waals surface area contributed by atoms with Gasteiger partial charge >= 0.3 is 0 Å². The van der Waals surface area contributed by atoms with Crippen LogP contribution in [0.25, 0.3) is 0 Å². The Morgan fingerprint density at radius 1 is 1.14 bits per heavy atom. The predicted octanol–water partition coefficient (Wildman–Crippen LogP) is 2.65. The summed E-state index contributed by atoms with van der Waals surface area (Å²) in [7, 11) is -3.88. The molecule has 2 aromatic carbocycles. The average Bonchev–Trinajstić information content (AvgIpc) is 2.47. The van der Waals surface area contributed by atoms with Crippen molar-refractivity contribution in [3.05, 3.63) is 59.4 Å². The molecule has 21 heavy (non-hydrogen) atoms. The summed E-state index contributed by atoms with van der Waals surface area (Å²) in [6.45, 7) is 1.95. The lowest BCUT2D eigenvalue weighted by atomic mass is 10.1. The zero-order chi connectivity index (χ0) is 15.5. The number of hydrogen-bond donors (Lipinski definition) is 2. The molecule has 0 unspecified atom stereocenters. The fraction of sp³-hybridized carbons (Fsp3) is 0.200. The topological polar surface area (TPSA) is 72.2 Å². The standard InChI is InChI=1S/C15H17FN2O2S/c1-2-11-5-3-4-6-14(11)18-21(19,20)15-9-13(16)8-7-12(15)10-17/h3-9,18H,2,10,17H2,1H3. The maximum atomic E-state index is 13.4. The molecule has 0 aliphatic heterocycles. The van der Waals surface area contributed by atoms with Crippen LogP contribution < -0.4 is 10.5 Å². The van der Waals surface area contributed by atoms with Gasteiger partial charge in [-0.1, -0.05) is 31.2 Å². The van der Waals surface area contributed by atoms with Crippen molar-refractivity contribution in [1.29, 1.82) is 0 Å². The molecule has 2 rings (SSSR count). The zero-order valence-corrected chi connectivity index (χ0v) is 12.5. The van der Waals surface area contributed by atoms with Gasteiger partial charge in [0.25, 0.3) is 10.0 Å². The maximum Gasteiger partial charge on any atom is 0.262 e. The zero-order valence-electron chi connectivity index (χ0n) is 11.6. The van der Waals surface area contributed by atoms with Crippen molar-refractivity contribution >= 4 is 15.7 Å². The Kier molecular flexibility index (Phi) is 4.59. The highest BCUT2D eigenvalue weighted by Gasteiger charge is 2.19. The summed E-state index contributed by atoms with van der Waals surface area (Å²) in [5.41, 5.74) is 7.27. The number of hydrogen-bond acceptors (Lipinski definition) is 3. The Balaban J connectivity index is 2.46. The minimum absolute atomic E-state index is 0.0198. The molecule has 3 N–H and O–H groups in total. The Labute approximate surface area is 123 Å². The first-order chi connectivity index (χ1) is 9.97. The van der Waals surface area contributed by atoms with Crippen molar-refractivity contribution in [2.45, 2.75) is 24.8 Å². The number of nitrogens with one attached hydrogen (secondary N) is 1. The first-order valence-electron chi connectivity index (χ1n) is 6.57. The normalized spacial score (nSPS) is 11.4. The quantitative estimate of drug-likeness (QED) is 0.892. The average molecular weight is 308 g/mol. The molecule has 2 aromatic rings. The van der Waals surface area contributed by atoms with Gasteiger partial charge in [-0.05, 0) is 35.7 Å². The molecule has 0 atom stereocenters. The summed E-state index contributed by atoms with van der Waals surface area (Å²) >= 11 is 0. The van der Waals surface area contributed by atoms with E-state index in [1.54, 1.807) is 12.1 Å². The van der Waals surface area contributed by atoms with E-state index in [1.165, 1.54) is 12.1 Å². The highest BCUT2D eigenvalue weighted by Crippen LogP contribution is 2.23. The van der Waals surface area contributed by atoms with Crippen LogP contribution in [-0.2, 0) is 23.0 Å². The van der Waals surface area contributed by atoms with Gasteiger partial charge in [-0.15, -0.1) is 0 Å². The first-order valence-corrected chi connectivity index (χ1v) is 8.05. The van der Waals surface area contributed by atoms with E-state index in [-0.39, 0.29) is 11.4 Å². The van der Waals surface area contributed by atoms with Crippen LogP contribution in [0.2, 0.25) is 0 Å². The molecule has 0 amide bonds. The van der Waals surface area contributed by atoms with E-state index in [4.69, 9.17) is 5.73 Å². The highest BCUT2D eigenvalue weighted by molar-refractivity contribution is 7.92. The fourth-order valence-electron chi connectivity index (χ4n) is 2.08. The number of sulfonamides is 1. The van der Waals surface area contributed by atoms with E-state index in [0.29, 0.717) is 17.7 Å². The second kappa shape index (κ2) is 6.24. The molecule has 0 fully saturated rings. The van der Waals surface area contributed by atoms with Crippen LogP contribution in [0.3, 0.4) is 0 Å². The van der Waals surface area contributed by atoms with Gasteiger partial charge in [-0.3, -0.25) is 4.72 Å². The van der Waals surface area contributed by atoms with Gasteiger partial charge < -0.3 is 5.73 Å². The van der Waals surface area contributed by atoms with E-state index in [1.807, 2.05) is 19.1 Å². The summed E-state index contributed by atoms with van der Waals surface area (Å²) in [5.74, 6) is -0.614. The number of aryl methyl sites for hydroxylation is 1. The minimum atomic E-state index is -3.88. The number of benzene rings is 2. The summed E-state index contributed by atoms with van der Waals surface area (Å²) in [5, 5.41) is 0. The molecule has 0 saturated carbocycles. The van der Waals surface area contributed by atoms with Crippen LogP contribution in [0, 0.1) is 5.82 Å². The number of rotatable bonds is 5. The van der Waals surface area contributed by atoms with Gasteiger partial charge in [0.1, 0.15) is 5.82 Å². The number of para-hydroxylation sites is 1. The second-order valence-electron chi connectivity index (χ2n) is 4.57. The molecule has 112 valence electrons. The van der Waals surface area contributed by atoms with Gasteiger partial charge in [-0.25, -0.2) is 12.8 Å². The molecular weight excluding hydrogens is 291 g/mol. The molecular formula is C15H17FN2O2S. The Hall–Kier alpha value is -1.92. The Morgan fingerprint density at radius 2 is 1.86 bits per heavy atom. The molecule has 0 aromatic heterocycles. The third kappa shape index (κ3) is 3.40. The minimum Gasteiger partial charge on any atom is -0.326 e. The van der Waals surface area contributed by atoms with Crippen molar-refractivity contribution in [1.82, 2.24) is 0 Å². The maximum absolute atomic E-state index is 13.4. The lowest BCUT2D eigenvalue weighted by Crippen LogP contribution is -2.17. The molecule has 0 heterocycles. The van der Waals surface area contributed by atoms with Crippen LogP contribution in [0.15, 0.2) is 47.4 Å². The van der Waals surface area contributed by atoms with Crippen LogP contribution in [0.1, 0.15) is 18.1 Å². The van der Waals surface area contributed by atoms with Gasteiger partial charge in [0.15, 0.2) is 0 Å². The van der Waals surface area contributed by atoms with Gasteiger partial charge in [0.2, 0.25) is 0 Å². The molecule has 0 aliphatic rings. The smallest absolute Gasteiger partial charge is 0.262 e.